The van der Waals surface area contributed by atoms with Crippen LogP contribution in [0.5, 0.6) is 0 Å². The standard InChI is InChI=1S/C11H21N3O2/c1-11(2,3)9(12)10(16)14-6-5-13(4)8(15)7-14/h9H,5-7,12H2,1-4H3/t9-/m1/s1. The van der Waals surface area contributed by atoms with Gasteiger partial charge in [-0.1, -0.05) is 20.8 Å². The Balaban J connectivity index is 2.66. The lowest BCUT2D eigenvalue weighted by molar-refractivity contribution is -0.146. The number of likely N-dealkylation sites (N-methyl/N-ethyl adjacent to an activating group) is 1. The summed E-state index contributed by atoms with van der Waals surface area (Å²) in [5, 5.41) is 0. The normalized spacial score (nSPS) is 19.9. The fourth-order valence-corrected chi connectivity index (χ4v) is 1.51. The van der Waals surface area contributed by atoms with Gasteiger partial charge in [0.2, 0.25) is 11.8 Å². The molecule has 1 rings (SSSR count). The Labute approximate surface area is 96.6 Å². The number of amides is 2. The van der Waals surface area contributed by atoms with E-state index in [4.69, 9.17) is 5.73 Å². The molecule has 0 aromatic heterocycles. The predicted molar refractivity (Wildman–Crippen MR) is 61.6 cm³/mol. The van der Waals surface area contributed by atoms with Gasteiger partial charge >= 0.3 is 0 Å². The first-order chi connectivity index (χ1) is 7.23. The van der Waals surface area contributed by atoms with E-state index in [1.807, 2.05) is 20.8 Å². The Morgan fingerprint density at radius 2 is 1.94 bits per heavy atom. The zero-order valence-electron chi connectivity index (χ0n) is 10.5. The number of hydrogen-bond donors (Lipinski definition) is 1. The maximum Gasteiger partial charge on any atom is 0.241 e. The third-order valence-corrected chi connectivity index (χ3v) is 2.97. The molecule has 0 spiro atoms. The summed E-state index contributed by atoms with van der Waals surface area (Å²) in [5.74, 6) is -0.158. The number of hydrogen-bond acceptors (Lipinski definition) is 3. The van der Waals surface area contributed by atoms with E-state index >= 15 is 0 Å². The van der Waals surface area contributed by atoms with Crippen LogP contribution in [0.1, 0.15) is 20.8 Å². The molecular formula is C11H21N3O2. The first-order valence-corrected chi connectivity index (χ1v) is 5.52. The van der Waals surface area contributed by atoms with Crippen molar-refractivity contribution in [3.63, 3.8) is 0 Å². The molecule has 1 aliphatic rings. The number of carbonyl (C=O) groups excluding carboxylic acids is 2. The molecule has 1 heterocycles. The third-order valence-electron chi connectivity index (χ3n) is 2.97. The lowest BCUT2D eigenvalue weighted by Gasteiger charge is -2.36. The molecular weight excluding hydrogens is 206 g/mol. The highest BCUT2D eigenvalue weighted by Gasteiger charge is 2.33. The quantitative estimate of drug-likeness (QED) is 0.666. The van der Waals surface area contributed by atoms with Gasteiger partial charge in [0.25, 0.3) is 0 Å². The third kappa shape index (κ3) is 2.72. The molecule has 1 fully saturated rings. The smallest absolute Gasteiger partial charge is 0.241 e. The Bertz CT molecular complexity index is 296. The Hall–Kier alpha value is -1.10. The van der Waals surface area contributed by atoms with Crippen molar-refractivity contribution in [2.75, 3.05) is 26.7 Å². The van der Waals surface area contributed by atoms with Crippen molar-refractivity contribution in [3.05, 3.63) is 0 Å². The van der Waals surface area contributed by atoms with Crippen molar-refractivity contribution in [3.8, 4) is 0 Å². The summed E-state index contributed by atoms with van der Waals surface area (Å²) < 4.78 is 0. The van der Waals surface area contributed by atoms with Crippen LogP contribution in [0.2, 0.25) is 0 Å². The van der Waals surface area contributed by atoms with Gasteiger partial charge in [0.15, 0.2) is 0 Å². The first-order valence-electron chi connectivity index (χ1n) is 5.52. The van der Waals surface area contributed by atoms with Crippen LogP contribution in [0.3, 0.4) is 0 Å². The highest BCUT2D eigenvalue weighted by atomic mass is 16.2. The van der Waals surface area contributed by atoms with Crippen molar-refractivity contribution < 1.29 is 9.59 Å². The lowest BCUT2D eigenvalue weighted by Crippen LogP contribution is -2.57. The van der Waals surface area contributed by atoms with Crippen LogP contribution in [-0.2, 0) is 9.59 Å². The number of piperazine rings is 1. The summed E-state index contributed by atoms with van der Waals surface area (Å²) in [7, 11) is 1.74. The van der Waals surface area contributed by atoms with E-state index in [0.29, 0.717) is 13.1 Å². The Morgan fingerprint density at radius 3 is 2.38 bits per heavy atom. The molecule has 0 aromatic carbocycles. The number of carbonyl (C=O) groups is 2. The fourth-order valence-electron chi connectivity index (χ4n) is 1.51. The van der Waals surface area contributed by atoms with Gasteiger partial charge in [0.1, 0.15) is 0 Å². The monoisotopic (exact) mass is 227 g/mol. The molecule has 5 nitrogen and oxygen atoms in total. The maximum atomic E-state index is 12.0. The zero-order chi connectivity index (χ0) is 12.5. The summed E-state index contributed by atoms with van der Waals surface area (Å²) in [6, 6.07) is -0.552. The predicted octanol–water partition coefficient (Wildman–Crippen LogP) is -0.340. The van der Waals surface area contributed by atoms with E-state index in [2.05, 4.69) is 0 Å². The van der Waals surface area contributed by atoms with E-state index in [0.717, 1.165) is 0 Å². The van der Waals surface area contributed by atoms with Gasteiger partial charge in [-0.2, -0.15) is 0 Å². The molecule has 0 aliphatic carbocycles. The number of rotatable bonds is 1. The second-order valence-electron chi connectivity index (χ2n) is 5.42. The minimum absolute atomic E-state index is 0.0271. The van der Waals surface area contributed by atoms with Crippen LogP contribution in [0.4, 0.5) is 0 Å². The molecule has 0 bridgehead atoms. The lowest BCUT2D eigenvalue weighted by atomic mass is 9.86. The average Bonchev–Trinajstić information content (AvgIpc) is 2.18. The number of nitrogens with zero attached hydrogens (tertiary/aromatic N) is 2. The molecule has 0 radical (unpaired) electrons. The molecule has 16 heavy (non-hydrogen) atoms. The molecule has 0 saturated carbocycles. The average molecular weight is 227 g/mol. The van der Waals surface area contributed by atoms with E-state index < -0.39 is 6.04 Å². The Kier molecular flexibility index (Phi) is 3.57. The summed E-state index contributed by atoms with van der Waals surface area (Å²) >= 11 is 0. The van der Waals surface area contributed by atoms with Crippen LogP contribution in [0.15, 0.2) is 0 Å². The van der Waals surface area contributed by atoms with Crippen molar-refractivity contribution in [1.29, 1.82) is 0 Å². The molecule has 2 amide bonds. The topological polar surface area (TPSA) is 66.6 Å². The molecule has 5 heteroatoms. The second-order valence-corrected chi connectivity index (χ2v) is 5.42. The van der Waals surface area contributed by atoms with E-state index in [-0.39, 0.29) is 23.8 Å². The Morgan fingerprint density at radius 1 is 1.38 bits per heavy atom. The van der Waals surface area contributed by atoms with Crippen LogP contribution in [-0.4, -0.2) is 54.3 Å². The summed E-state index contributed by atoms with van der Waals surface area (Å²) in [4.78, 5) is 26.7. The molecule has 1 aliphatic heterocycles. The summed E-state index contributed by atoms with van der Waals surface area (Å²) in [6.07, 6.45) is 0. The van der Waals surface area contributed by atoms with E-state index in [1.165, 1.54) is 0 Å². The second kappa shape index (κ2) is 4.41. The molecule has 1 atom stereocenters. The van der Waals surface area contributed by atoms with Crippen LogP contribution in [0, 0.1) is 5.41 Å². The van der Waals surface area contributed by atoms with Crippen LogP contribution in [0.25, 0.3) is 0 Å². The molecule has 92 valence electrons. The summed E-state index contributed by atoms with van der Waals surface area (Å²) in [5.41, 5.74) is 5.61. The van der Waals surface area contributed by atoms with Gasteiger partial charge in [-0.25, -0.2) is 0 Å². The maximum absolute atomic E-state index is 12.0. The first kappa shape index (κ1) is 13.0. The van der Waals surface area contributed by atoms with Gasteiger partial charge in [-0.15, -0.1) is 0 Å². The fraction of sp³-hybridized carbons (Fsp3) is 0.818. The largest absolute Gasteiger partial charge is 0.342 e. The van der Waals surface area contributed by atoms with Crippen molar-refractivity contribution in [2.45, 2.75) is 26.8 Å². The van der Waals surface area contributed by atoms with Crippen LogP contribution >= 0.6 is 0 Å². The summed E-state index contributed by atoms with van der Waals surface area (Å²) in [6.45, 7) is 7.08. The van der Waals surface area contributed by atoms with Crippen molar-refractivity contribution >= 4 is 11.8 Å². The van der Waals surface area contributed by atoms with Crippen LogP contribution < -0.4 is 5.73 Å². The van der Waals surface area contributed by atoms with Gasteiger partial charge in [0, 0.05) is 20.1 Å². The molecule has 0 aromatic rings. The highest BCUT2D eigenvalue weighted by Crippen LogP contribution is 2.19. The molecule has 0 unspecified atom stereocenters. The minimum Gasteiger partial charge on any atom is -0.342 e. The highest BCUT2D eigenvalue weighted by molar-refractivity contribution is 5.88. The van der Waals surface area contributed by atoms with Gasteiger partial charge in [-0.05, 0) is 5.41 Å². The van der Waals surface area contributed by atoms with Crippen molar-refractivity contribution in [2.24, 2.45) is 11.1 Å². The van der Waals surface area contributed by atoms with Crippen molar-refractivity contribution in [1.82, 2.24) is 9.80 Å². The van der Waals surface area contributed by atoms with Gasteiger partial charge < -0.3 is 15.5 Å². The van der Waals surface area contributed by atoms with E-state index in [9.17, 15) is 9.59 Å². The molecule has 2 N–H and O–H groups in total. The zero-order valence-corrected chi connectivity index (χ0v) is 10.5. The minimum atomic E-state index is -0.552. The van der Waals surface area contributed by atoms with Gasteiger partial charge in [0.05, 0.1) is 12.6 Å². The number of nitrogens with two attached hydrogens (primary N) is 1. The van der Waals surface area contributed by atoms with E-state index in [1.54, 1.807) is 16.8 Å². The molecule has 1 saturated heterocycles. The van der Waals surface area contributed by atoms with Gasteiger partial charge in [-0.3, -0.25) is 9.59 Å². The SMILES string of the molecule is CN1CCN(C(=O)[C@@H](N)C(C)(C)C)CC1=O.